The molecule has 0 spiro atoms. The standard InChI is InChI=1S/C20H16N4O4/c25-16(12-24-19(26)14-8-4-5-9-15(14)20(24)27)21-11-10-17-22-23-18(28-17)13-6-2-1-3-7-13/h1-9H,10-12H2,(H,21,25). The maximum Gasteiger partial charge on any atom is 0.262 e. The quantitative estimate of drug-likeness (QED) is 0.657. The van der Waals surface area contributed by atoms with Crippen molar-refractivity contribution in [1.82, 2.24) is 20.4 Å². The molecule has 2 aromatic carbocycles. The van der Waals surface area contributed by atoms with Gasteiger partial charge in [0, 0.05) is 18.5 Å². The molecule has 0 bridgehead atoms. The zero-order valence-electron chi connectivity index (χ0n) is 14.8. The van der Waals surface area contributed by atoms with Gasteiger partial charge in [-0.2, -0.15) is 0 Å². The number of nitrogens with zero attached hydrogens (tertiary/aromatic N) is 3. The van der Waals surface area contributed by atoms with Crippen LogP contribution in [0, 0.1) is 0 Å². The van der Waals surface area contributed by atoms with Crippen molar-refractivity contribution in [3.05, 3.63) is 71.6 Å². The van der Waals surface area contributed by atoms with Gasteiger partial charge < -0.3 is 9.73 Å². The summed E-state index contributed by atoms with van der Waals surface area (Å²) in [4.78, 5) is 37.6. The molecule has 8 nitrogen and oxygen atoms in total. The average molecular weight is 376 g/mol. The summed E-state index contributed by atoms with van der Waals surface area (Å²) in [6.07, 6.45) is 0.341. The molecule has 0 radical (unpaired) electrons. The molecule has 0 saturated carbocycles. The largest absolute Gasteiger partial charge is 0.421 e. The molecule has 2 heterocycles. The fourth-order valence-corrected chi connectivity index (χ4v) is 2.94. The Balaban J connectivity index is 1.30. The Morgan fingerprint density at radius 3 is 2.25 bits per heavy atom. The molecule has 0 atom stereocenters. The molecule has 28 heavy (non-hydrogen) atoms. The highest BCUT2D eigenvalue weighted by atomic mass is 16.4. The monoisotopic (exact) mass is 376 g/mol. The number of benzene rings is 2. The Bertz CT molecular complexity index is 1010. The van der Waals surface area contributed by atoms with Crippen LogP contribution in [0.2, 0.25) is 0 Å². The van der Waals surface area contributed by atoms with Crippen molar-refractivity contribution < 1.29 is 18.8 Å². The molecule has 1 aliphatic heterocycles. The van der Waals surface area contributed by atoms with Gasteiger partial charge in [-0.05, 0) is 24.3 Å². The van der Waals surface area contributed by atoms with Crippen LogP contribution in [0.25, 0.3) is 11.5 Å². The fraction of sp³-hybridized carbons (Fsp3) is 0.150. The number of imide groups is 1. The lowest BCUT2D eigenvalue weighted by Crippen LogP contribution is -2.40. The van der Waals surface area contributed by atoms with Crippen molar-refractivity contribution in [2.75, 3.05) is 13.1 Å². The summed E-state index contributed by atoms with van der Waals surface area (Å²) < 4.78 is 5.57. The molecule has 3 amide bonds. The van der Waals surface area contributed by atoms with E-state index in [1.807, 2.05) is 30.3 Å². The lowest BCUT2D eigenvalue weighted by atomic mass is 10.1. The minimum absolute atomic E-state index is 0.248. The third-order valence-electron chi connectivity index (χ3n) is 4.33. The molecular formula is C20H16N4O4. The van der Waals surface area contributed by atoms with E-state index in [1.54, 1.807) is 24.3 Å². The van der Waals surface area contributed by atoms with E-state index in [9.17, 15) is 14.4 Å². The van der Waals surface area contributed by atoms with Gasteiger partial charge >= 0.3 is 0 Å². The van der Waals surface area contributed by atoms with Crippen LogP contribution < -0.4 is 5.32 Å². The second-order valence-corrected chi connectivity index (χ2v) is 6.21. The average Bonchev–Trinajstić information content (AvgIpc) is 3.28. The lowest BCUT2D eigenvalue weighted by molar-refractivity contribution is -0.121. The molecule has 0 aliphatic carbocycles. The Labute approximate surface area is 160 Å². The van der Waals surface area contributed by atoms with Crippen LogP contribution in [-0.4, -0.2) is 45.9 Å². The topological polar surface area (TPSA) is 105 Å². The van der Waals surface area contributed by atoms with E-state index < -0.39 is 17.7 Å². The fourth-order valence-electron chi connectivity index (χ4n) is 2.94. The highest BCUT2D eigenvalue weighted by molar-refractivity contribution is 6.22. The number of fused-ring (bicyclic) bond motifs is 1. The van der Waals surface area contributed by atoms with Crippen LogP contribution in [-0.2, 0) is 11.2 Å². The number of aromatic nitrogens is 2. The molecule has 0 saturated heterocycles. The third kappa shape index (κ3) is 3.39. The van der Waals surface area contributed by atoms with E-state index in [1.165, 1.54) is 0 Å². The first kappa shape index (κ1) is 17.6. The Morgan fingerprint density at radius 1 is 0.929 bits per heavy atom. The Hall–Kier alpha value is -3.81. The van der Waals surface area contributed by atoms with Gasteiger partial charge in [-0.15, -0.1) is 10.2 Å². The molecule has 4 rings (SSSR count). The molecule has 8 heteroatoms. The van der Waals surface area contributed by atoms with E-state index in [-0.39, 0.29) is 13.1 Å². The highest BCUT2D eigenvalue weighted by Crippen LogP contribution is 2.22. The van der Waals surface area contributed by atoms with Gasteiger partial charge in [-0.25, -0.2) is 0 Å². The van der Waals surface area contributed by atoms with Crippen molar-refractivity contribution in [2.24, 2.45) is 0 Å². The van der Waals surface area contributed by atoms with E-state index in [0.717, 1.165) is 10.5 Å². The Kier molecular flexibility index (Phi) is 4.67. The SMILES string of the molecule is O=C(CN1C(=O)c2ccccc2C1=O)NCCc1nnc(-c2ccccc2)o1. The molecule has 3 aromatic rings. The number of carbonyl (C=O) groups is 3. The van der Waals surface area contributed by atoms with Crippen LogP contribution in [0.15, 0.2) is 59.0 Å². The predicted molar refractivity (Wildman–Crippen MR) is 98.3 cm³/mol. The summed E-state index contributed by atoms with van der Waals surface area (Å²) in [5.74, 6) is -0.551. The first-order valence-electron chi connectivity index (χ1n) is 8.73. The zero-order valence-corrected chi connectivity index (χ0v) is 14.8. The zero-order chi connectivity index (χ0) is 19.5. The van der Waals surface area contributed by atoms with Gasteiger partial charge in [-0.3, -0.25) is 19.3 Å². The number of rotatable bonds is 6. The van der Waals surface area contributed by atoms with Gasteiger partial charge in [0.1, 0.15) is 6.54 Å². The second kappa shape index (κ2) is 7.43. The first-order chi connectivity index (χ1) is 13.6. The van der Waals surface area contributed by atoms with Gasteiger partial charge in [0.25, 0.3) is 11.8 Å². The van der Waals surface area contributed by atoms with Gasteiger partial charge in [0.05, 0.1) is 11.1 Å². The van der Waals surface area contributed by atoms with Crippen molar-refractivity contribution in [3.63, 3.8) is 0 Å². The summed E-state index contributed by atoms with van der Waals surface area (Å²) in [6, 6.07) is 15.9. The maximum atomic E-state index is 12.3. The number of carbonyl (C=O) groups excluding carboxylic acids is 3. The third-order valence-corrected chi connectivity index (χ3v) is 4.33. The number of amides is 3. The molecule has 140 valence electrons. The first-order valence-corrected chi connectivity index (χ1v) is 8.73. The highest BCUT2D eigenvalue weighted by Gasteiger charge is 2.36. The van der Waals surface area contributed by atoms with Gasteiger partial charge in [-0.1, -0.05) is 30.3 Å². The van der Waals surface area contributed by atoms with E-state index in [2.05, 4.69) is 15.5 Å². The summed E-state index contributed by atoms with van der Waals surface area (Å²) in [5, 5.41) is 10.6. The number of nitrogens with one attached hydrogen (secondary N) is 1. The van der Waals surface area contributed by atoms with Crippen molar-refractivity contribution in [3.8, 4) is 11.5 Å². The minimum Gasteiger partial charge on any atom is -0.421 e. The molecule has 1 N–H and O–H groups in total. The van der Waals surface area contributed by atoms with Gasteiger partial charge in [0.2, 0.25) is 17.7 Å². The molecule has 1 aliphatic rings. The van der Waals surface area contributed by atoms with Crippen LogP contribution in [0.1, 0.15) is 26.6 Å². The number of hydrogen-bond acceptors (Lipinski definition) is 6. The van der Waals surface area contributed by atoms with Gasteiger partial charge in [0.15, 0.2) is 0 Å². The lowest BCUT2D eigenvalue weighted by Gasteiger charge is -2.13. The smallest absolute Gasteiger partial charge is 0.262 e. The molecular weight excluding hydrogens is 360 g/mol. The Morgan fingerprint density at radius 2 is 1.57 bits per heavy atom. The minimum atomic E-state index is -0.458. The van der Waals surface area contributed by atoms with E-state index >= 15 is 0 Å². The van der Waals surface area contributed by atoms with Crippen molar-refractivity contribution >= 4 is 17.7 Å². The maximum absolute atomic E-state index is 12.3. The molecule has 0 unspecified atom stereocenters. The van der Waals surface area contributed by atoms with Crippen LogP contribution >= 0.6 is 0 Å². The predicted octanol–water partition coefficient (Wildman–Crippen LogP) is 1.69. The van der Waals surface area contributed by atoms with E-state index in [0.29, 0.717) is 29.3 Å². The van der Waals surface area contributed by atoms with Crippen molar-refractivity contribution in [1.29, 1.82) is 0 Å². The van der Waals surface area contributed by atoms with Crippen LogP contribution in [0.4, 0.5) is 0 Å². The normalized spacial score (nSPS) is 12.9. The summed E-state index contributed by atoms with van der Waals surface area (Å²) in [7, 11) is 0. The molecule has 0 fully saturated rings. The van der Waals surface area contributed by atoms with E-state index in [4.69, 9.17) is 4.42 Å². The summed E-state index contributed by atoms with van der Waals surface area (Å²) in [5.41, 5.74) is 1.45. The number of hydrogen-bond donors (Lipinski definition) is 1. The van der Waals surface area contributed by atoms with Crippen LogP contribution in [0.3, 0.4) is 0 Å². The molecule has 1 aromatic heterocycles. The van der Waals surface area contributed by atoms with Crippen LogP contribution in [0.5, 0.6) is 0 Å². The summed E-state index contributed by atoms with van der Waals surface area (Å²) >= 11 is 0. The van der Waals surface area contributed by atoms with Crippen molar-refractivity contribution in [2.45, 2.75) is 6.42 Å². The summed E-state index contributed by atoms with van der Waals surface area (Å²) in [6.45, 7) is -0.0795. The second-order valence-electron chi connectivity index (χ2n) is 6.21.